The maximum atomic E-state index is 11.8. The smallest absolute Gasteiger partial charge is 0.329 e. The van der Waals surface area contributed by atoms with Crippen LogP contribution in [0.4, 0.5) is 0 Å². The van der Waals surface area contributed by atoms with Crippen molar-refractivity contribution in [2.75, 3.05) is 20.8 Å². The summed E-state index contributed by atoms with van der Waals surface area (Å²) in [7, 11) is 3.04. The van der Waals surface area contributed by atoms with Crippen molar-refractivity contribution >= 4 is 18.0 Å². The zero-order chi connectivity index (χ0) is 18.8. The van der Waals surface area contributed by atoms with Crippen molar-refractivity contribution in [3.63, 3.8) is 0 Å². The van der Waals surface area contributed by atoms with Gasteiger partial charge in [-0.1, -0.05) is 36.4 Å². The normalized spacial score (nSPS) is 10.4. The summed E-state index contributed by atoms with van der Waals surface area (Å²) in [5.74, 6) is -0.548. The van der Waals surface area contributed by atoms with E-state index in [1.54, 1.807) is 18.2 Å². The molecule has 0 saturated heterocycles. The molecule has 0 aliphatic rings. The van der Waals surface area contributed by atoms with E-state index in [0.29, 0.717) is 30.0 Å². The average molecular weight is 355 g/mol. The highest BCUT2D eigenvalue weighted by Crippen LogP contribution is 2.29. The molecule has 0 heterocycles. The molecule has 7 nitrogen and oxygen atoms in total. The first-order valence-electron chi connectivity index (χ1n) is 8.02. The Balaban J connectivity index is 1.84. The number of carbonyl (C=O) groups is 2. The predicted molar refractivity (Wildman–Crippen MR) is 98.4 cm³/mol. The highest BCUT2D eigenvalue weighted by atomic mass is 16.5. The lowest BCUT2D eigenvalue weighted by molar-refractivity contribution is -0.139. The first kappa shape index (κ1) is 19.0. The second kappa shape index (κ2) is 9.83. The van der Waals surface area contributed by atoms with Crippen molar-refractivity contribution in [1.29, 1.82) is 0 Å². The number of ether oxygens (including phenoxy) is 2. The Hall–Kier alpha value is -3.35. The molecule has 0 spiro atoms. The molecule has 2 aromatic carbocycles. The Bertz CT molecular complexity index is 776. The molecule has 2 rings (SSSR count). The van der Waals surface area contributed by atoms with Crippen molar-refractivity contribution in [1.82, 2.24) is 10.7 Å². The van der Waals surface area contributed by atoms with E-state index >= 15 is 0 Å². The van der Waals surface area contributed by atoms with Crippen LogP contribution in [0.25, 0.3) is 0 Å². The molecule has 2 N–H and O–H groups in total. The molecule has 0 aliphatic heterocycles. The number of methoxy groups -OCH3 is 2. The number of rotatable bonds is 7. The van der Waals surface area contributed by atoms with Crippen LogP contribution in [0.2, 0.25) is 0 Å². The molecule has 0 aromatic heterocycles. The van der Waals surface area contributed by atoms with E-state index < -0.39 is 11.8 Å². The maximum absolute atomic E-state index is 11.8. The molecule has 0 radical (unpaired) electrons. The summed E-state index contributed by atoms with van der Waals surface area (Å²) in [5, 5.41) is 6.34. The summed E-state index contributed by atoms with van der Waals surface area (Å²) in [6, 6.07) is 14.9. The Labute approximate surface area is 152 Å². The van der Waals surface area contributed by atoms with Gasteiger partial charge in [0, 0.05) is 12.1 Å². The van der Waals surface area contributed by atoms with Gasteiger partial charge in [0.1, 0.15) is 0 Å². The molecule has 26 heavy (non-hydrogen) atoms. The summed E-state index contributed by atoms with van der Waals surface area (Å²) in [6.45, 7) is 0.365. The van der Waals surface area contributed by atoms with Gasteiger partial charge in [0.05, 0.1) is 20.4 Å². The van der Waals surface area contributed by atoms with E-state index in [1.165, 1.54) is 20.4 Å². The summed E-state index contributed by atoms with van der Waals surface area (Å²) in [5.41, 5.74) is 3.88. The fraction of sp³-hybridized carbons (Fsp3) is 0.211. The van der Waals surface area contributed by atoms with Crippen LogP contribution in [0.5, 0.6) is 11.5 Å². The van der Waals surface area contributed by atoms with Gasteiger partial charge >= 0.3 is 11.8 Å². The van der Waals surface area contributed by atoms with Crippen LogP contribution in [0.3, 0.4) is 0 Å². The fourth-order valence-electron chi connectivity index (χ4n) is 2.27. The number of amides is 2. The number of hydrogen-bond acceptors (Lipinski definition) is 5. The SMILES string of the molecule is COc1cccc(/C=N\NC(=O)C(=O)NCCc2ccccc2)c1OC. The Morgan fingerprint density at radius 3 is 2.46 bits per heavy atom. The molecular weight excluding hydrogens is 334 g/mol. The Kier molecular flexibility index (Phi) is 7.17. The lowest BCUT2D eigenvalue weighted by atomic mass is 10.1. The molecule has 0 atom stereocenters. The van der Waals surface area contributed by atoms with Crippen molar-refractivity contribution in [3.8, 4) is 11.5 Å². The molecule has 0 bridgehead atoms. The minimum absolute atomic E-state index is 0.365. The monoisotopic (exact) mass is 355 g/mol. The minimum atomic E-state index is -0.837. The van der Waals surface area contributed by atoms with E-state index in [1.807, 2.05) is 30.3 Å². The topological polar surface area (TPSA) is 89.0 Å². The highest BCUT2D eigenvalue weighted by Gasteiger charge is 2.12. The van der Waals surface area contributed by atoms with E-state index in [4.69, 9.17) is 9.47 Å². The molecule has 0 aliphatic carbocycles. The number of nitrogens with zero attached hydrogens (tertiary/aromatic N) is 1. The third-order valence-electron chi connectivity index (χ3n) is 3.55. The first-order chi connectivity index (χ1) is 12.7. The van der Waals surface area contributed by atoms with E-state index in [2.05, 4.69) is 15.8 Å². The summed E-state index contributed by atoms with van der Waals surface area (Å²) in [4.78, 5) is 23.5. The Morgan fingerprint density at radius 2 is 1.77 bits per heavy atom. The molecule has 0 unspecified atom stereocenters. The molecular formula is C19H21N3O4. The Morgan fingerprint density at radius 1 is 1.00 bits per heavy atom. The van der Waals surface area contributed by atoms with Crippen LogP contribution in [0.15, 0.2) is 53.6 Å². The molecule has 0 saturated carbocycles. The lowest BCUT2D eigenvalue weighted by Gasteiger charge is -2.09. The molecule has 2 amide bonds. The molecule has 7 heteroatoms. The van der Waals surface area contributed by atoms with Gasteiger partial charge in [0.2, 0.25) is 0 Å². The minimum Gasteiger partial charge on any atom is -0.493 e. The second-order valence-corrected chi connectivity index (χ2v) is 5.27. The van der Waals surface area contributed by atoms with Crippen LogP contribution in [-0.2, 0) is 16.0 Å². The van der Waals surface area contributed by atoms with Gasteiger partial charge in [-0.15, -0.1) is 0 Å². The number of hydrogen-bond donors (Lipinski definition) is 2. The van der Waals surface area contributed by atoms with Crippen molar-refractivity contribution < 1.29 is 19.1 Å². The maximum Gasteiger partial charge on any atom is 0.329 e. The number of carbonyl (C=O) groups excluding carboxylic acids is 2. The molecule has 136 valence electrons. The number of nitrogens with one attached hydrogen (secondary N) is 2. The van der Waals surface area contributed by atoms with Gasteiger partial charge < -0.3 is 14.8 Å². The van der Waals surface area contributed by atoms with Crippen molar-refractivity contribution in [2.45, 2.75) is 6.42 Å². The zero-order valence-corrected chi connectivity index (χ0v) is 14.7. The van der Waals surface area contributed by atoms with Crippen LogP contribution in [-0.4, -0.2) is 38.8 Å². The van der Waals surface area contributed by atoms with Gasteiger partial charge in [-0.3, -0.25) is 9.59 Å². The number of para-hydroxylation sites is 1. The lowest BCUT2D eigenvalue weighted by Crippen LogP contribution is -2.38. The third kappa shape index (κ3) is 5.34. The average Bonchev–Trinajstić information content (AvgIpc) is 2.68. The zero-order valence-electron chi connectivity index (χ0n) is 14.7. The van der Waals surface area contributed by atoms with Gasteiger partial charge in [-0.05, 0) is 24.1 Å². The van der Waals surface area contributed by atoms with Gasteiger partial charge in [0.15, 0.2) is 11.5 Å². The van der Waals surface area contributed by atoms with Gasteiger partial charge in [-0.2, -0.15) is 5.10 Å². The van der Waals surface area contributed by atoms with Crippen LogP contribution in [0, 0.1) is 0 Å². The summed E-state index contributed by atoms with van der Waals surface area (Å²) >= 11 is 0. The highest BCUT2D eigenvalue weighted by molar-refractivity contribution is 6.35. The quantitative estimate of drug-likeness (QED) is 0.448. The largest absolute Gasteiger partial charge is 0.493 e. The van der Waals surface area contributed by atoms with Crippen molar-refractivity contribution in [3.05, 3.63) is 59.7 Å². The standard InChI is InChI=1S/C19H21N3O4/c1-25-16-10-6-9-15(17(16)26-2)13-21-22-19(24)18(23)20-12-11-14-7-4-3-5-8-14/h3-10,13H,11-12H2,1-2H3,(H,20,23)(H,22,24)/b21-13-. The van der Waals surface area contributed by atoms with E-state index in [9.17, 15) is 9.59 Å². The van der Waals surface area contributed by atoms with E-state index in [-0.39, 0.29) is 0 Å². The third-order valence-corrected chi connectivity index (χ3v) is 3.55. The number of benzene rings is 2. The number of hydrazone groups is 1. The molecule has 0 fully saturated rings. The van der Waals surface area contributed by atoms with Gasteiger partial charge in [0.25, 0.3) is 0 Å². The predicted octanol–water partition coefficient (Wildman–Crippen LogP) is 1.51. The first-order valence-corrected chi connectivity index (χ1v) is 8.02. The van der Waals surface area contributed by atoms with Crippen LogP contribution >= 0.6 is 0 Å². The second-order valence-electron chi connectivity index (χ2n) is 5.27. The molecule has 2 aromatic rings. The van der Waals surface area contributed by atoms with Gasteiger partial charge in [-0.25, -0.2) is 5.43 Å². The van der Waals surface area contributed by atoms with Crippen LogP contribution in [0.1, 0.15) is 11.1 Å². The van der Waals surface area contributed by atoms with Crippen LogP contribution < -0.4 is 20.2 Å². The summed E-state index contributed by atoms with van der Waals surface area (Å²) < 4.78 is 10.4. The van der Waals surface area contributed by atoms with Crippen molar-refractivity contribution in [2.24, 2.45) is 5.10 Å². The fourth-order valence-corrected chi connectivity index (χ4v) is 2.27. The summed E-state index contributed by atoms with van der Waals surface area (Å²) in [6.07, 6.45) is 2.03. The van der Waals surface area contributed by atoms with E-state index in [0.717, 1.165) is 5.56 Å².